The second kappa shape index (κ2) is 5.67. The van der Waals surface area contributed by atoms with Gasteiger partial charge in [-0.3, -0.25) is 5.41 Å². The molecule has 1 aromatic rings. The van der Waals surface area contributed by atoms with Crippen molar-refractivity contribution in [2.75, 3.05) is 24.6 Å². The van der Waals surface area contributed by atoms with E-state index in [1.807, 2.05) is 0 Å². The zero-order valence-electron chi connectivity index (χ0n) is 9.41. The van der Waals surface area contributed by atoms with Crippen LogP contribution in [0.4, 0.5) is 19.0 Å². The molecule has 0 spiro atoms. The third-order valence-electron chi connectivity index (χ3n) is 2.12. The first kappa shape index (κ1) is 14.2. The zero-order valence-corrected chi connectivity index (χ0v) is 9.41. The first-order valence-electron chi connectivity index (χ1n) is 5.07. The summed E-state index contributed by atoms with van der Waals surface area (Å²) in [7, 11) is 0. The number of aromatic nitrogens is 1. The Hall–Kier alpha value is -1.83. The summed E-state index contributed by atoms with van der Waals surface area (Å²) in [6.07, 6.45) is -3.12. The Balaban J connectivity index is 3.09. The molecule has 8 heteroatoms. The van der Waals surface area contributed by atoms with Gasteiger partial charge in [0.05, 0.1) is 12.2 Å². The van der Waals surface area contributed by atoms with Crippen LogP contribution >= 0.6 is 0 Å². The quantitative estimate of drug-likeness (QED) is 0.539. The van der Waals surface area contributed by atoms with Crippen LogP contribution in [0.25, 0.3) is 0 Å². The van der Waals surface area contributed by atoms with Crippen molar-refractivity contribution >= 4 is 11.7 Å². The molecule has 0 aliphatic rings. The number of nitrogens with one attached hydrogen (secondary N) is 1. The van der Waals surface area contributed by atoms with Crippen molar-refractivity contribution in [1.29, 1.82) is 5.41 Å². The number of nitrogens with two attached hydrogens (primary N) is 1. The predicted molar refractivity (Wildman–Crippen MR) is 60.6 cm³/mol. The first-order chi connectivity index (χ1) is 8.35. The second-order valence-electron chi connectivity index (χ2n) is 3.55. The molecule has 1 heterocycles. The van der Waals surface area contributed by atoms with E-state index in [2.05, 4.69) is 4.98 Å². The van der Waals surface area contributed by atoms with E-state index in [1.54, 1.807) is 0 Å². The molecule has 0 saturated carbocycles. The van der Waals surface area contributed by atoms with E-state index < -0.39 is 19.3 Å². The van der Waals surface area contributed by atoms with Crippen molar-refractivity contribution in [1.82, 2.24) is 4.98 Å². The van der Waals surface area contributed by atoms with Crippen LogP contribution in [0, 0.1) is 5.41 Å². The summed E-state index contributed by atoms with van der Waals surface area (Å²) in [6, 6.07) is 2.89. The number of hydrogen-bond acceptors (Lipinski definition) is 4. The molecule has 0 aliphatic heterocycles. The number of hydrogen-bond donors (Lipinski definition) is 3. The predicted octanol–water partition coefficient (Wildman–Crippen LogP) is 0.727. The minimum absolute atomic E-state index is 0.0589. The van der Waals surface area contributed by atoms with Gasteiger partial charge in [0.15, 0.2) is 0 Å². The SMILES string of the molecule is N=C(N)c1cccnc1N(CCO)CC(F)(F)F. The lowest BCUT2D eigenvalue weighted by atomic mass is 10.2. The van der Waals surface area contributed by atoms with Gasteiger partial charge in [0.1, 0.15) is 18.2 Å². The molecule has 18 heavy (non-hydrogen) atoms. The zero-order chi connectivity index (χ0) is 13.8. The lowest BCUT2D eigenvalue weighted by molar-refractivity contribution is -0.120. The molecule has 0 bridgehead atoms. The lowest BCUT2D eigenvalue weighted by Crippen LogP contribution is -2.38. The summed E-state index contributed by atoms with van der Waals surface area (Å²) in [5.41, 5.74) is 5.39. The number of alkyl halides is 3. The molecule has 0 radical (unpaired) electrons. The van der Waals surface area contributed by atoms with E-state index >= 15 is 0 Å². The molecular weight excluding hydrogens is 249 g/mol. The smallest absolute Gasteiger partial charge is 0.395 e. The van der Waals surface area contributed by atoms with Gasteiger partial charge in [-0.25, -0.2) is 4.98 Å². The number of anilines is 1. The van der Waals surface area contributed by atoms with Gasteiger partial charge in [0.25, 0.3) is 0 Å². The second-order valence-corrected chi connectivity index (χ2v) is 3.55. The van der Waals surface area contributed by atoms with Crippen LogP contribution < -0.4 is 10.6 Å². The molecule has 0 aromatic carbocycles. The van der Waals surface area contributed by atoms with Gasteiger partial charge in [-0.2, -0.15) is 13.2 Å². The maximum absolute atomic E-state index is 12.4. The van der Waals surface area contributed by atoms with E-state index in [0.717, 1.165) is 4.90 Å². The van der Waals surface area contributed by atoms with Crippen molar-refractivity contribution < 1.29 is 18.3 Å². The maximum atomic E-state index is 12.4. The summed E-state index contributed by atoms with van der Waals surface area (Å²) in [6.45, 7) is -1.95. The van der Waals surface area contributed by atoms with Gasteiger partial charge in [-0.05, 0) is 12.1 Å². The number of aliphatic hydroxyl groups excluding tert-OH is 1. The van der Waals surface area contributed by atoms with E-state index in [1.165, 1.54) is 18.3 Å². The van der Waals surface area contributed by atoms with Gasteiger partial charge in [0.2, 0.25) is 0 Å². The highest BCUT2D eigenvalue weighted by atomic mass is 19.4. The molecule has 5 nitrogen and oxygen atoms in total. The fourth-order valence-corrected chi connectivity index (χ4v) is 1.46. The molecule has 1 aromatic heterocycles. The minimum atomic E-state index is -4.43. The molecular formula is C10H13F3N4O. The van der Waals surface area contributed by atoms with E-state index in [0.29, 0.717) is 0 Å². The number of aliphatic hydroxyl groups is 1. The first-order valence-corrected chi connectivity index (χ1v) is 5.07. The number of amidine groups is 1. The van der Waals surface area contributed by atoms with Crippen molar-refractivity contribution in [3.63, 3.8) is 0 Å². The van der Waals surface area contributed by atoms with Crippen LogP contribution in [0.5, 0.6) is 0 Å². The molecule has 0 amide bonds. The maximum Gasteiger partial charge on any atom is 0.405 e. The highest BCUT2D eigenvalue weighted by Crippen LogP contribution is 2.22. The summed E-state index contributed by atoms with van der Waals surface area (Å²) in [5, 5.41) is 16.1. The molecule has 0 unspecified atom stereocenters. The van der Waals surface area contributed by atoms with Crippen molar-refractivity contribution in [2.45, 2.75) is 6.18 Å². The Morgan fingerprint density at radius 3 is 2.67 bits per heavy atom. The van der Waals surface area contributed by atoms with Crippen LogP contribution in [-0.4, -0.2) is 41.8 Å². The lowest BCUT2D eigenvalue weighted by Gasteiger charge is -2.25. The Labute approximate surface area is 102 Å². The fraction of sp³-hybridized carbons (Fsp3) is 0.400. The Morgan fingerprint density at radius 2 is 2.17 bits per heavy atom. The highest BCUT2D eigenvalue weighted by molar-refractivity contribution is 5.99. The Bertz CT molecular complexity index is 422. The fourth-order valence-electron chi connectivity index (χ4n) is 1.46. The largest absolute Gasteiger partial charge is 0.405 e. The molecule has 0 atom stereocenters. The molecule has 4 N–H and O–H groups in total. The minimum Gasteiger partial charge on any atom is -0.395 e. The molecule has 100 valence electrons. The summed E-state index contributed by atoms with van der Waals surface area (Å²) in [4.78, 5) is 4.64. The van der Waals surface area contributed by atoms with E-state index in [9.17, 15) is 13.2 Å². The number of halogens is 3. The number of nitrogen functional groups attached to an aromatic ring is 1. The highest BCUT2D eigenvalue weighted by Gasteiger charge is 2.32. The summed E-state index contributed by atoms with van der Waals surface area (Å²) >= 11 is 0. The third-order valence-corrected chi connectivity index (χ3v) is 2.12. The third kappa shape index (κ3) is 3.88. The standard InChI is InChI=1S/C10H13F3N4O/c11-10(12,13)6-17(4-5-18)9-7(8(14)15)2-1-3-16-9/h1-3,18H,4-6H2,(H3,14,15). The summed E-state index contributed by atoms with van der Waals surface area (Å²) in [5.74, 6) is -0.431. The molecule has 0 fully saturated rings. The molecule has 0 saturated heterocycles. The number of rotatable bonds is 5. The topological polar surface area (TPSA) is 86.2 Å². The molecule has 1 rings (SSSR count). The van der Waals surface area contributed by atoms with E-state index in [-0.39, 0.29) is 23.8 Å². The summed E-state index contributed by atoms with van der Waals surface area (Å²) < 4.78 is 37.2. The van der Waals surface area contributed by atoms with Crippen LogP contribution in [0.1, 0.15) is 5.56 Å². The van der Waals surface area contributed by atoms with Gasteiger partial charge in [-0.1, -0.05) is 0 Å². The normalized spacial score (nSPS) is 11.3. The Kier molecular flexibility index (Phi) is 4.49. The van der Waals surface area contributed by atoms with Crippen LogP contribution in [-0.2, 0) is 0 Å². The monoisotopic (exact) mass is 262 g/mol. The van der Waals surface area contributed by atoms with Crippen molar-refractivity contribution in [3.8, 4) is 0 Å². The van der Waals surface area contributed by atoms with Gasteiger partial charge >= 0.3 is 6.18 Å². The van der Waals surface area contributed by atoms with E-state index in [4.69, 9.17) is 16.2 Å². The van der Waals surface area contributed by atoms with Crippen LogP contribution in [0.3, 0.4) is 0 Å². The van der Waals surface area contributed by atoms with Gasteiger partial charge in [0, 0.05) is 12.7 Å². The van der Waals surface area contributed by atoms with Gasteiger partial charge in [-0.15, -0.1) is 0 Å². The van der Waals surface area contributed by atoms with Crippen LogP contribution in [0.2, 0.25) is 0 Å². The number of pyridine rings is 1. The van der Waals surface area contributed by atoms with Crippen molar-refractivity contribution in [3.05, 3.63) is 23.9 Å². The van der Waals surface area contributed by atoms with Crippen LogP contribution in [0.15, 0.2) is 18.3 Å². The molecule has 0 aliphatic carbocycles. The number of nitrogens with zero attached hydrogens (tertiary/aromatic N) is 2. The Morgan fingerprint density at radius 1 is 1.50 bits per heavy atom. The van der Waals surface area contributed by atoms with Gasteiger partial charge < -0.3 is 15.7 Å². The average Bonchev–Trinajstić information content (AvgIpc) is 2.26. The van der Waals surface area contributed by atoms with Crippen molar-refractivity contribution in [2.24, 2.45) is 5.73 Å². The average molecular weight is 262 g/mol.